The largest absolute Gasteiger partial charge is 0.361 e. The van der Waals surface area contributed by atoms with Gasteiger partial charge in [-0.05, 0) is 127 Å². The first kappa shape index (κ1) is 37.9. The molecule has 0 bridgehead atoms. The molecule has 2 heteroatoms. The lowest BCUT2D eigenvalue weighted by Gasteiger charge is -2.47. The minimum absolute atomic E-state index is 0.232. The van der Waals surface area contributed by atoms with Gasteiger partial charge >= 0.3 is 0 Å². The summed E-state index contributed by atoms with van der Waals surface area (Å²) >= 11 is 0. The van der Waals surface area contributed by atoms with Crippen LogP contribution in [0.3, 0.4) is 0 Å². The van der Waals surface area contributed by atoms with Crippen LogP contribution < -0.4 is 9.80 Å². The van der Waals surface area contributed by atoms with Crippen LogP contribution in [-0.2, 0) is 0 Å². The lowest BCUT2D eigenvalue weighted by molar-refractivity contribution is 0.362. The van der Waals surface area contributed by atoms with E-state index < -0.39 is 0 Å². The van der Waals surface area contributed by atoms with Crippen molar-refractivity contribution in [3.8, 4) is 0 Å². The van der Waals surface area contributed by atoms with Crippen LogP contribution >= 0.6 is 0 Å². The standard InChI is InChI=1S/C58H62N2/c1-39-16-14-18-44(34-39)58(45-19-15-17-40(2)35-45)53-26-12-10-24-49(53)51-36-41(3)57(38-54(51)58)59(46-20-6-4-7-21-46)48-31-28-42(29-32-48)43-30-33-56-52(37-43)50-25-11-13-27-55(50)60(56)47-22-8-5-9-23-47/h4-9,11-12,14-15,18-20,22-23,25-26,28-35,37-41,46,50-52,55-57H,10,13,16-17,21,24,27,36H2,1-3H3. The van der Waals surface area contributed by atoms with Crippen molar-refractivity contribution in [2.24, 2.45) is 40.9 Å². The summed E-state index contributed by atoms with van der Waals surface area (Å²) in [5.41, 5.74) is 13.1. The highest BCUT2D eigenvalue weighted by Gasteiger charge is 2.55. The summed E-state index contributed by atoms with van der Waals surface area (Å²) in [6, 6.07) is 22.4. The van der Waals surface area contributed by atoms with Crippen molar-refractivity contribution in [2.45, 2.75) is 96.3 Å². The number of hydrogen-bond donors (Lipinski definition) is 0. The molecule has 2 nitrogen and oxygen atoms in total. The Labute approximate surface area is 359 Å². The molecule has 10 atom stereocenters. The fraction of sp³-hybridized carbons (Fsp3) is 0.379. The monoisotopic (exact) mass is 786 g/mol. The average molecular weight is 787 g/mol. The number of allylic oxidation sites excluding steroid dienone is 18. The number of nitrogens with zero attached hydrogens (tertiary/aromatic N) is 2. The molecule has 0 saturated carbocycles. The van der Waals surface area contributed by atoms with E-state index in [0.29, 0.717) is 53.6 Å². The van der Waals surface area contributed by atoms with Crippen molar-refractivity contribution in [1.29, 1.82) is 0 Å². The highest BCUT2D eigenvalue weighted by atomic mass is 15.2. The van der Waals surface area contributed by atoms with Gasteiger partial charge in [0.2, 0.25) is 0 Å². The summed E-state index contributed by atoms with van der Waals surface area (Å²) in [6.45, 7) is 7.37. The SMILES string of the molecule is CC1C=C(C2(C3=CC(C)CC=C3)C3=CC(N(c4ccc(C5=CC6C7C=CCCC7N(c7ccccc7)C6C=C5)cc4)C4C=CC=CC4)C(C)CC3C3=C2C=CCC3)C=CC1. The van der Waals surface area contributed by atoms with Crippen LogP contribution in [0.5, 0.6) is 0 Å². The van der Waals surface area contributed by atoms with E-state index in [1.807, 2.05) is 0 Å². The zero-order chi connectivity index (χ0) is 40.4. The molecule has 0 aromatic heterocycles. The maximum absolute atomic E-state index is 2.81. The number of rotatable bonds is 7. The Morgan fingerprint density at radius 1 is 0.667 bits per heavy atom. The first-order chi connectivity index (χ1) is 29.5. The van der Waals surface area contributed by atoms with E-state index in [9.17, 15) is 0 Å². The molecule has 0 N–H and O–H groups in total. The van der Waals surface area contributed by atoms with Crippen LogP contribution in [0, 0.1) is 40.9 Å². The maximum Gasteiger partial charge on any atom is 0.0661 e. The minimum atomic E-state index is -0.232. The Morgan fingerprint density at radius 3 is 2.18 bits per heavy atom. The van der Waals surface area contributed by atoms with E-state index in [4.69, 9.17) is 0 Å². The average Bonchev–Trinajstić information content (AvgIpc) is 3.77. The van der Waals surface area contributed by atoms with Crippen LogP contribution in [0.25, 0.3) is 5.57 Å². The van der Waals surface area contributed by atoms with Gasteiger partial charge in [0.25, 0.3) is 0 Å². The van der Waals surface area contributed by atoms with Crippen LogP contribution in [0.1, 0.15) is 77.7 Å². The van der Waals surface area contributed by atoms with Gasteiger partial charge in [0.1, 0.15) is 0 Å². The Bertz CT molecular complexity index is 2350. The topological polar surface area (TPSA) is 6.48 Å². The molecule has 0 amide bonds. The van der Waals surface area contributed by atoms with E-state index in [1.54, 1.807) is 16.7 Å². The number of benzene rings is 2. The van der Waals surface area contributed by atoms with Crippen LogP contribution in [0.2, 0.25) is 0 Å². The minimum Gasteiger partial charge on any atom is -0.361 e. The van der Waals surface area contributed by atoms with Crippen molar-refractivity contribution in [3.05, 3.63) is 197 Å². The third-order valence-corrected chi connectivity index (χ3v) is 15.8. The van der Waals surface area contributed by atoms with Gasteiger partial charge in [-0.1, -0.05) is 166 Å². The molecule has 60 heavy (non-hydrogen) atoms. The molecule has 304 valence electrons. The molecule has 10 unspecified atom stereocenters. The smallest absolute Gasteiger partial charge is 0.0661 e. The van der Waals surface area contributed by atoms with Gasteiger partial charge in [-0.2, -0.15) is 0 Å². The summed E-state index contributed by atoms with van der Waals surface area (Å²) in [4.78, 5) is 5.54. The summed E-state index contributed by atoms with van der Waals surface area (Å²) in [5.74, 6) is 3.08. The number of hydrogen-bond acceptors (Lipinski definition) is 2. The van der Waals surface area contributed by atoms with Gasteiger partial charge in [0.15, 0.2) is 0 Å². The first-order valence-electron chi connectivity index (χ1n) is 23.5. The fourth-order valence-electron chi connectivity index (χ4n) is 13.2. The fourth-order valence-corrected chi connectivity index (χ4v) is 13.2. The van der Waals surface area contributed by atoms with Gasteiger partial charge in [0, 0.05) is 35.2 Å². The highest BCUT2D eigenvalue weighted by molar-refractivity contribution is 5.78. The van der Waals surface area contributed by atoms with Gasteiger partial charge in [-0.25, -0.2) is 0 Å². The summed E-state index contributed by atoms with van der Waals surface area (Å²) in [5, 5.41) is 0. The Balaban J connectivity index is 0.985. The molecule has 0 spiro atoms. The second kappa shape index (κ2) is 15.4. The molecule has 9 aliphatic rings. The number of fused-ring (bicyclic) bond motifs is 5. The molecule has 11 rings (SSSR count). The number of anilines is 2. The normalized spacial score (nSPS) is 36.0. The molecule has 1 saturated heterocycles. The van der Waals surface area contributed by atoms with Crippen molar-refractivity contribution in [1.82, 2.24) is 0 Å². The molecule has 1 fully saturated rings. The van der Waals surface area contributed by atoms with Crippen LogP contribution in [-0.4, -0.2) is 24.2 Å². The Morgan fingerprint density at radius 2 is 1.45 bits per heavy atom. The molecule has 1 aliphatic heterocycles. The summed E-state index contributed by atoms with van der Waals surface area (Å²) in [6.07, 6.45) is 54.1. The van der Waals surface area contributed by atoms with Crippen molar-refractivity contribution < 1.29 is 0 Å². The van der Waals surface area contributed by atoms with Gasteiger partial charge in [0.05, 0.1) is 23.5 Å². The molecule has 0 radical (unpaired) electrons. The van der Waals surface area contributed by atoms with Gasteiger partial charge in [-0.3, -0.25) is 0 Å². The molecule has 8 aliphatic carbocycles. The third kappa shape index (κ3) is 6.18. The van der Waals surface area contributed by atoms with E-state index in [2.05, 4.69) is 195 Å². The summed E-state index contributed by atoms with van der Waals surface area (Å²) < 4.78 is 0. The van der Waals surface area contributed by atoms with Gasteiger partial charge < -0.3 is 9.80 Å². The van der Waals surface area contributed by atoms with Crippen LogP contribution in [0.4, 0.5) is 11.4 Å². The van der Waals surface area contributed by atoms with E-state index in [1.165, 1.54) is 59.3 Å². The zero-order valence-corrected chi connectivity index (χ0v) is 35.9. The Kier molecular flexibility index (Phi) is 9.74. The molecular weight excluding hydrogens is 725 g/mol. The molecule has 2 aromatic rings. The number of para-hydroxylation sites is 1. The first-order valence-corrected chi connectivity index (χ1v) is 23.5. The van der Waals surface area contributed by atoms with Crippen molar-refractivity contribution >= 4 is 16.9 Å². The molecule has 2 aromatic carbocycles. The van der Waals surface area contributed by atoms with E-state index in [0.717, 1.165) is 25.7 Å². The maximum atomic E-state index is 2.81. The second-order valence-corrected chi connectivity index (χ2v) is 19.5. The van der Waals surface area contributed by atoms with Crippen molar-refractivity contribution in [3.63, 3.8) is 0 Å². The van der Waals surface area contributed by atoms with E-state index in [-0.39, 0.29) is 11.5 Å². The third-order valence-electron chi connectivity index (χ3n) is 15.8. The lowest BCUT2D eigenvalue weighted by atomic mass is 9.60. The highest BCUT2D eigenvalue weighted by Crippen LogP contribution is 2.65. The molecular formula is C58H62N2. The predicted octanol–water partition coefficient (Wildman–Crippen LogP) is 13.8. The lowest BCUT2D eigenvalue weighted by Crippen LogP contribution is -2.48. The van der Waals surface area contributed by atoms with Gasteiger partial charge in [-0.15, -0.1) is 0 Å². The van der Waals surface area contributed by atoms with Crippen LogP contribution in [0.15, 0.2) is 192 Å². The molecule has 1 heterocycles. The predicted molar refractivity (Wildman–Crippen MR) is 254 cm³/mol. The van der Waals surface area contributed by atoms with Crippen molar-refractivity contribution in [2.75, 3.05) is 9.80 Å². The zero-order valence-electron chi connectivity index (χ0n) is 35.9. The summed E-state index contributed by atoms with van der Waals surface area (Å²) in [7, 11) is 0. The Hall–Kier alpha value is -5.08. The quantitative estimate of drug-likeness (QED) is 0.258. The van der Waals surface area contributed by atoms with E-state index >= 15 is 0 Å². The second-order valence-electron chi connectivity index (χ2n) is 19.5.